The fourth-order valence-electron chi connectivity index (χ4n) is 3.96. The van der Waals surface area contributed by atoms with E-state index in [-0.39, 0.29) is 17.9 Å². The highest BCUT2D eigenvalue weighted by Crippen LogP contribution is 2.23. The Labute approximate surface area is 192 Å². The van der Waals surface area contributed by atoms with Crippen LogP contribution in [-0.2, 0) is 24.4 Å². The minimum absolute atomic E-state index is 0.112. The molecule has 2 aromatic heterocycles. The quantitative estimate of drug-likeness (QED) is 0.552. The molecule has 8 nitrogen and oxygen atoms in total. The van der Waals surface area contributed by atoms with Gasteiger partial charge in [0.1, 0.15) is 5.69 Å². The Morgan fingerprint density at radius 3 is 2.70 bits per heavy atom. The fourth-order valence-corrected chi connectivity index (χ4v) is 3.96. The Balaban J connectivity index is 1.52. The van der Waals surface area contributed by atoms with Crippen molar-refractivity contribution in [2.45, 2.75) is 39.1 Å². The molecular formula is C25H28N4O4. The third-order valence-electron chi connectivity index (χ3n) is 5.76. The van der Waals surface area contributed by atoms with Crippen LogP contribution < -0.4 is 15.4 Å². The molecule has 2 N–H and O–H groups in total. The summed E-state index contributed by atoms with van der Waals surface area (Å²) in [5, 5.41) is 6.03. The van der Waals surface area contributed by atoms with E-state index in [0.29, 0.717) is 43.4 Å². The summed E-state index contributed by atoms with van der Waals surface area (Å²) < 4.78 is 12.5. The second-order valence-corrected chi connectivity index (χ2v) is 7.83. The molecule has 4 rings (SSSR count). The number of rotatable bonds is 8. The average Bonchev–Trinajstić information content (AvgIpc) is 3.26. The van der Waals surface area contributed by atoms with Crippen LogP contribution in [0, 0.1) is 0 Å². The second kappa shape index (κ2) is 10.3. The molecule has 1 unspecified atom stereocenters. The molecule has 0 bridgehead atoms. The topological polar surface area (TPSA) is 94.5 Å². The molecule has 1 atom stereocenters. The zero-order valence-electron chi connectivity index (χ0n) is 18.8. The van der Waals surface area contributed by atoms with Gasteiger partial charge in [0.25, 0.3) is 11.8 Å². The van der Waals surface area contributed by atoms with Crippen LogP contribution in [-0.4, -0.2) is 35.1 Å². The first-order valence-corrected chi connectivity index (χ1v) is 11.0. The Hall–Kier alpha value is -3.65. The zero-order chi connectivity index (χ0) is 23.2. The number of carbonyl (C=O) groups is 2. The number of methoxy groups -OCH3 is 1. The number of aromatic nitrogens is 2. The molecular weight excluding hydrogens is 420 g/mol. The van der Waals surface area contributed by atoms with Crippen LogP contribution in [0.1, 0.15) is 57.1 Å². The van der Waals surface area contributed by atoms with E-state index in [1.54, 1.807) is 25.4 Å². The van der Waals surface area contributed by atoms with Crippen LogP contribution in [0.4, 0.5) is 0 Å². The summed E-state index contributed by atoms with van der Waals surface area (Å²) in [5.41, 5.74) is 3.54. The van der Waals surface area contributed by atoms with Gasteiger partial charge in [0, 0.05) is 25.4 Å². The summed E-state index contributed by atoms with van der Waals surface area (Å²) in [4.78, 5) is 30.4. The number of nitrogens with zero attached hydrogens (tertiary/aromatic N) is 2. The van der Waals surface area contributed by atoms with Gasteiger partial charge in [0.2, 0.25) is 5.88 Å². The minimum atomic E-state index is -0.247. The monoisotopic (exact) mass is 448 g/mol. The normalized spacial score (nSPS) is 13.6. The first-order chi connectivity index (χ1) is 16.1. The first-order valence-electron chi connectivity index (χ1n) is 11.0. The number of hydrogen-bond donors (Lipinski definition) is 2. The number of pyridine rings is 1. The van der Waals surface area contributed by atoms with E-state index in [2.05, 4.69) is 15.6 Å². The van der Waals surface area contributed by atoms with Gasteiger partial charge in [-0.1, -0.05) is 43.3 Å². The molecule has 0 saturated heterocycles. The van der Waals surface area contributed by atoms with Crippen molar-refractivity contribution in [2.24, 2.45) is 0 Å². The highest BCUT2D eigenvalue weighted by molar-refractivity contribution is 6.00. The van der Waals surface area contributed by atoms with Gasteiger partial charge >= 0.3 is 0 Å². The lowest BCUT2D eigenvalue weighted by molar-refractivity contribution is 0.0776. The Morgan fingerprint density at radius 2 is 2.00 bits per heavy atom. The van der Waals surface area contributed by atoms with E-state index < -0.39 is 0 Å². The van der Waals surface area contributed by atoms with Crippen LogP contribution in [0.2, 0.25) is 0 Å². The van der Waals surface area contributed by atoms with Gasteiger partial charge in [-0.25, -0.2) is 4.98 Å². The molecule has 8 heteroatoms. The summed E-state index contributed by atoms with van der Waals surface area (Å²) in [6.07, 6.45) is 2.42. The van der Waals surface area contributed by atoms with Crippen molar-refractivity contribution in [2.75, 3.05) is 13.7 Å². The third-order valence-corrected chi connectivity index (χ3v) is 5.76. The molecule has 1 aliphatic rings. The summed E-state index contributed by atoms with van der Waals surface area (Å²) in [7, 11) is 1.56. The molecule has 1 aliphatic heterocycles. The minimum Gasteiger partial charge on any atom is -0.481 e. The van der Waals surface area contributed by atoms with Gasteiger partial charge in [-0.05, 0) is 23.6 Å². The molecule has 1 aromatic carbocycles. The molecule has 0 spiro atoms. The van der Waals surface area contributed by atoms with Crippen LogP contribution in [0.3, 0.4) is 0 Å². The second-order valence-electron chi connectivity index (χ2n) is 7.83. The highest BCUT2D eigenvalue weighted by atomic mass is 16.5. The maximum absolute atomic E-state index is 13.2. The predicted molar refractivity (Wildman–Crippen MR) is 123 cm³/mol. The molecule has 0 fully saturated rings. The van der Waals surface area contributed by atoms with Gasteiger partial charge in [-0.2, -0.15) is 0 Å². The van der Waals surface area contributed by atoms with Gasteiger partial charge in [-0.3, -0.25) is 9.59 Å². The average molecular weight is 449 g/mol. The van der Waals surface area contributed by atoms with Crippen molar-refractivity contribution in [3.8, 4) is 5.88 Å². The number of hydrogen-bond acceptors (Lipinski definition) is 5. The predicted octanol–water partition coefficient (Wildman–Crippen LogP) is 3.23. The Morgan fingerprint density at radius 1 is 1.18 bits per heavy atom. The third kappa shape index (κ3) is 5.06. The standard InChI is InChI=1S/C25H28N4O4/c1-3-20(18-7-5-4-6-8-18)28-24(30)19-13-21(29-11-12-33-16-22(19)29)25(31)27-15-17-9-10-23(32-2)26-14-17/h4-10,13-14,20H,3,11-12,15-16H2,1-2H3,(H,27,31)(H,28,30). The van der Waals surface area contributed by atoms with Crippen molar-refractivity contribution in [3.05, 3.63) is 82.8 Å². The highest BCUT2D eigenvalue weighted by Gasteiger charge is 2.27. The van der Waals surface area contributed by atoms with E-state index in [9.17, 15) is 9.59 Å². The van der Waals surface area contributed by atoms with Crippen molar-refractivity contribution < 1.29 is 19.1 Å². The van der Waals surface area contributed by atoms with Crippen molar-refractivity contribution >= 4 is 11.8 Å². The number of fused-ring (bicyclic) bond motifs is 1. The lowest BCUT2D eigenvalue weighted by Crippen LogP contribution is -2.30. The summed E-state index contributed by atoms with van der Waals surface area (Å²) >= 11 is 0. The number of carbonyl (C=O) groups excluding carboxylic acids is 2. The maximum Gasteiger partial charge on any atom is 0.268 e. The smallest absolute Gasteiger partial charge is 0.268 e. The SMILES string of the molecule is CCC(NC(=O)c1cc(C(=O)NCc2ccc(OC)nc2)n2c1COCC2)c1ccccc1. The number of ether oxygens (including phenoxy) is 2. The maximum atomic E-state index is 13.2. The van der Waals surface area contributed by atoms with Crippen LogP contribution in [0.25, 0.3) is 0 Å². The molecule has 33 heavy (non-hydrogen) atoms. The molecule has 0 radical (unpaired) electrons. The lowest BCUT2D eigenvalue weighted by atomic mass is 10.0. The zero-order valence-corrected chi connectivity index (χ0v) is 18.8. The van der Waals surface area contributed by atoms with Crippen molar-refractivity contribution in [1.82, 2.24) is 20.2 Å². The molecule has 3 aromatic rings. The molecule has 172 valence electrons. The summed E-state index contributed by atoms with van der Waals surface area (Å²) in [6, 6.07) is 15.0. The van der Waals surface area contributed by atoms with Gasteiger partial charge in [-0.15, -0.1) is 0 Å². The number of nitrogens with one attached hydrogen (secondary N) is 2. The number of benzene rings is 1. The van der Waals surface area contributed by atoms with E-state index in [4.69, 9.17) is 9.47 Å². The fraction of sp³-hybridized carbons (Fsp3) is 0.320. The van der Waals surface area contributed by atoms with Crippen LogP contribution >= 0.6 is 0 Å². The van der Waals surface area contributed by atoms with Crippen LogP contribution in [0.5, 0.6) is 5.88 Å². The Kier molecular flexibility index (Phi) is 7.04. The summed E-state index contributed by atoms with van der Waals surface area (Å²) in [6.45, 7) is 3.66. The van der Waals surface area contributed by atoms with Gasteiger partial charge in [0.15, 0.2) is 0 Å². The summed E-state index contributed by atoms with van der Waals surface area (Å²) in [5.74, 6) is 0.0590. The van der Waals surface area contributed by atoms with Gasteiger partial charge < -0.3 is 24.7 Å². The molecule has 0 aliphatic carbocycles. The number of amides is 2. The first kappa shape index (κ1) is 22.5. The largest absolute Gasteiger partial charge is 0.481 e. The van der Waals surface area contributed by atoms with E-state index in [1.807, 2.05) is 47.9 Å². The van der Waals surface area contributed by atoms with E-state index in [1.165, 1.54) is 0 Å². The van der Waals surface area contributed by atoms with Crippen LogP contribution in [0.15, 0.2) is 54.7 Å². The lowest BCUT2D eigenvalue weighted by Gasteiger charge is -2.20. The van der Waals surface area contributed by atoms with Gasteiger partial charge in [0.05, 0.1) is 37.6 Å². The van der Waals surface area contributed by atoms with Crippen molar-refractivity contribution in [3.63, 3.8) is 0 Å². The Bertz CT molecular complexity index is 1110. The molecule has 0 saturated carbocycles. The van der Waals surface area contributed by atoms with E-state index in [0.717, 1.165) is 23.2 Å². The van der Waals surface area contributed by atoms with E-state index >= 15 is 0 Å². The molecule has 2 amide bonds. The molecule has 3 heterocycles. The van der Waals surface area contributed by atoms with Crippen molar-refractivity contribution in [1.29, 1.82) is 0 Å².